The molecular formula is C15H23NO3S. The molecule has 0 aliphatic carbocycles. The molecule has 0 saturated heterocycles. The molecule has 0 spiro atoms. The maximum Gasteiger partial charge on any atom is 0.222 e. The van der Waals surface area contributed by atoms with Gasteiger partial charge in [0.25, 0.3) is 0 Å². The summed E-state index contributed by atoms with van der Waals surface area (Å²) >= 11 is 1.88. The molecule has 20 heavy (non-hydrogen) atoms. The van der Waals surface area contributed by atoms with Gasteiger partial charge in [-0.1, -0.05) is 36.8 Å². The first-order valence-corrected chi connectivity index (χ1v) is 8.00. The smallest absolute Gasteiger partial charge is 0.222 e. The Morgan fingerprint density at radius 1 is 1.15 bits per heavy atom. The van der Waals surface area contributed by atoms with E-state index in [4.69, 9.17) is 5.73 Å². The number of nitrogens with two attached hydrogens (primary N) is 1. The average molecular weight is 297 g/mol. The highest BCUT2D eigenvalue weighted by Crippen LogP contribution is 2.18. The van der Waals surface area contributed by atoms with Crippen LogP contribution in [0.25, 0.3) is 0 Å². The first-order valence-electron chi connectivity index (χ1n) is 6.84. The molecule has 0 atom stereocenters. The van der Waals surface area contributed by atoms with Gasteiger partial charge in [0.1, 0.15) is 0 Å². The van der Waals surface area contributed by atoms with Crippen molar-refractivity contribution >= 4 is 17.7 Å². The highest BCUT2D eigenvalue weighted by Gasteiger charge is 2.24. The molecule has 0 bridgehead atoms. The molecule has 0 aliphatic heterocycles. The van der Waals surface area contributed by atoms with Crippen LogP contribution in [0.1, 0.15) is 37.7 Å². The minimum atomic E-state index is -1.94. The molecule has 0 aliphatic rings. The van der Waals surface area contributed by atoms with Crippen LogP contribution in [0.3, 0.4) is 0 Å². The molecule has 0 saturated carbocycles. The molecule has 1 aromatic carbocycles. The zero-order valence-electron chi connectivity index (χ0n) is 11.6. The van der Waals surface area contributed by atoms with Gasteiger partial charge in [-0.25, -0.2) is 0 Å². The van der Waals surface area contributed by atoms with Crippen molar-refractivity contribution in [2.75, 3.05) is 5.75 Å². The number of rotatable bonds is 10. The number of aliphatic hydroxyl groups is 2. The van der Waals surface area contributed by atoms with E-state index in [-0.39, 0.29) is 6.42 Å². The number of benzene rings is 1. The maximum absolute atomic E-state index is 10.6. The summed E-state index contributed by atoms with van der Waals surface area (Å²) in [5.41, 5.74) is 6.26. The molecule has 1 amide bonds. The fraction of sp³-hybridized carbons (Fsp3) is 0.533. The SMILES string of the molecule is NC(=O)CC(O)(O)CCCCCSCc1ccccc1. The Bertz CT molecular complexity index is 395. The lowest BCUT2D eigenvalue weighted by Gasteiger charge is -2.19. The van der Waals surface area contributed by atoms with Crippen LogP contribution in [0.5, 0.6) is 0 Å². The van der Waals surface area contributed by atoms with E-state index < -0.39 is 18.1 Å². The van der Waals surface area contributed by atoms with Gasteiger partial charge >= 0.3 is 0 Å². The molecule has 1 rings (SSSR count). The number of hydrogen-bond donors (Lipinski definition) is 3. The first kappa shape index (κ1) is 17.0. The van der Waals surface area contributed by atoms with Crippen molar-refractivity contribution in [1.29, 1.82) is 0 Å². The quantitative estimate of drug-likeness (QED) is 0.456. The highest BCUT2D eigenvalue weighted by atomic mass is 32.2. The van der Waals surface area contributed by atoms with Crippen LogP contribution in [0.4, 0.5) is 0 Å². The van der Waals surface area contributed by atoms with Gasteiger partial charge in [-0.3, -0.25) is 4.79 Å². The average Bonchev–Trinajstić information content (AvgIpc) is 2.37. The van der Waals surface area contributed by atoms with Crippen molar-refractivity contribution in [3.8, 4) is 0 Å². The Hall–Kier alpha value is -1.04. The summed E-state index contributed by atoms with van der Waals surface area (Å²) in [7, 11) is 0. The third kappa shape index (κ3) is 8.19. The lowest BCUT2D eigenvalue weighted by atomic mass is 10.0. The highest BCUT2D eigenvalue weighted by molar-refractivity contribution is 7.98. The number of hydrogen-bond acceptors (Lipinski definition) is 4. The summed E-state index contributed by atoms with van der Waals surface area (Å²) in [5, 5.41) is 19.0. The Balaban J connectivity index is 2.01. The minimum Gasteiger partial charge on any atom is -0.370 e. The fourth-order valence-electron chi connectivity index (χ4n) is 1.92. The summed E-state index contributed by atoms with van der Waals surface area (Å²) in [6, 6.07) is 10.3. The van der Waals surface area contributed by atoms with Crippen molar-refractivity contribution in [2.24, 2.45) is 5.73 Å². The predicted molar refractivity (Wildman–Crippen MR) is 82.1 cm³/mol. The third-order valence-corrected chi connectivity index (χ3v) is 4.05. The van der Waals surface area contributed by atoms with E-state index in [1.165, 1.54) is 5.56 Å². The van der Waals surface area contributed by atoms with E-state index in [1.807, 2.05) is 30.0 Å². The van der Waals surface area contributed by atoms with Crippen molar-refractivity contribution in [1.82, 2.24) is 0 Å². The minimum absolute atomic E-state index is 0.194. The summed E-state index contributed by atoms with van der Waals surface area (Å²) in [6.45, 7) is 0. The van der Waals surface area contributed by atoms with Gasteiger partial charge in [-0.2, -0.15) is 11.8 Å². The van der Waals surface area contributed by atoms with Crippen molar-refractivity contribution in [2.45, 2.75) is 43.6 Å². The molecule has 112 valence electrons. The van der Waals surface area contributed by atoms with E-state index in [0.717, 1.165) is 24.3 Å². The second kappa shape index (κ2) is 9.00. The van der Waals surface area contributed by atoms with E-state index in [1.54, 1.807) is 0 Å². The zero-order valence-corrected chi connectivity index (χ0v) is 12.4. The fourth-order valence-corrected chi connectivity index (χ4v) is 2.90. The third-order valence-electron chi connectivity index (χ3n) is 2.93. The molecule has 4 nitrogen and oxygen atoms in total. The maximum atomic E-state index is 10.6. The molecular weight excluding hydrogens is 274 g/mol. The molecule has 0 heterocycles. The van der Waals surface area contributed by atoms with Crippen molar-refractivity contribution in [3.63, 3.8) is 0 Å². The molecule has 0 aromatic heterocycles. The van der Waals surface area contributed by atoms with Crippen LogP contribution >= 0.6 is 11.8 Å². The van der Waals surface area contributed by atoms with Crippen molar-refractivity contribution < 1.29 is 15.0 Å². The lowest BCUT2D eigenvalue weighted by Crippen LogP contribution is -2.33. The van der Waals surface area contributed by atoms with E-state index >= 15 is 0 Å². The Labute approximate surface area is 124 Å². The van der Waals surface area contributed by atoms with Gasteiger partial charge in [-0.15, -0.1) is 0 Å². The number of carbonyl (C=O) groups is 1. The molecule has 0 radical (unpaired) electrons. The van der Waals surface area contributed by atoms with Crippen molar-refractivity contribution in [3.05, 3.63) is 35.9 Å². The summed E-state index contributed by atoms with van der Waals surface area (Å²) in [5.74, 6) is -0.572. The molecule has 0 fully saturated rings. The zero-order chi connectivity index (χ0) is 14.8. The number of unbranched alkanes of at least 4 members (excludes halogenated alkanes) is 2. The van der Waals surface area contributed by atoms with Gasteiger partial charge in [0.05, 0.1) is 6.42 Å². The second-order valence-electron chi connectivity index (χ2n) is 4.97. The molecule has 4 N–H and O–H groups in total. The van der Waals surface area contributed by atoms with Gasteiger partial charge in [-0.05, 0) is 24.2 Å². The predicted octanol–water partition coefficient (Wildman–Crippen LogP) is 2.04. The van der Waals surface area contributed by atoms with Crippen LogP contribution in [0.2, 0.25) is 0 Å². The number of thioether (sulfide) groups is 1. The Morgan fingerprint density at radius 3 is 2.50 bits per heavy atom. The van der Waals surface area contributed by atoms with Crippen LogP contribution in [-0.4, -0.2) is 27.7 Å². The molecule has 5 heteroatoms. The number of carbonyl (C=O) groups excluding carboxylic acids is 1. The monoisotopic (exact) mass is 297 g/mol. The normalized spacial score (nSPS) is 11.5. The lowest BCUT2D eigenvalue weighted by molar-refractivity contribution is -0.175. The number of primary amides is 1. The summed E-state index contributed by atoms with van der Waals surface area (Å²) < 4.78 is 0. The van der Waals surface area contributed by atoms with Gasteiger partial charge in [0, 0.05) is 12.2 Å². The first-order chi connectivity index (χ1) is 9.49. The molecule has 1 aromatic rings. The van der Waals surface area contributed by atoms with Crippen LogP contribution < -0.4 is 5.73 Å². The van der Waals surface area contributed by atoms with Crippen LogP contribution in [-0.2, 0) is 10.5 Å². The summed E-state index contributed by atoms with van der Waals surface area (Å²) in [6.07, 6.45) is 2.44. The Morgan fingerprint density at radius 2 is 1.85 bits per heavy atom. The van der Waals surface area contributed by atoms with E-state index in [0.29, 0.717) is 6.42 Å². The number of amides is 1. The largest absolute Gasteiger partial charge is 0.370 e. The van der Waals surface area contributed by atoms with Crippen LogP contribution in [0.15, 0.2) is 30.3 Å². The van der Waals surface area contributed by atoms with Gasteiger partial charge in [0.2, 0.25) is 5.91 Å². The van der Waals surface area contributed by atoms with E-state index in [9.17, 15) is 15.0 Å². The standard InChI is InChI=1S/C15H23NO3S/c16-14(17)11-15(18,19)9-5-2-6-10-20-12-13-7-3-1-4-8-13/h1,3-4,7-8,18-19H,2,5-6,9-12H2,(H2,16,17). The van der Waals surface area contributed by atoms with Gasteiger partial charge in [0.15, 0.2) is 5.79 Å². The van der Waals surface area contributed by atoms with Crippen LogP contribution in [0, 0.1) is 0 Å². The summed E-state index contributed by atoms with van der Waals surface area (Å²) in [4.78, 5) is 10.6. The molecule has 0 unspecified atom stereocenters. The Kier molecular flexibility index (Phi) is 7.65. The van der Waals surface area contributed by atoms with Gasteiger partial charge < -0.3 is 15.9 Å². The van der Waals surface area contributed by atoms with E-state index in [2.05, 4.69) is 12.1 Å². The second-order valence-corrected chi connectivity index (χ2v) is 6.08. The topological polar surface area (TPSA) is 83.6 Å².